The van der Waals surface area contributed by atoms with Gasteiger partial charge < -0.3 is 5.73 Å². The summed E-state index contributed by atoms with van der Waals surface area (Å²) in [6, 6.07) is 12.5. The molecule has 3 aromatic rings. The first-order valence-corrected chi connectivity index (χ1v) is 11.6. The number of hydrogen-bond acceptors (Lipinski definition) is 5. The predicted octanol–water partition coefficient (Wildman–Crippen LogP) is 3.68. The minimum Gasteiger partial charge on any atom is -0.383 e. The summed E-state index contributed by atoms with van der Waals surface area (Å²) in [6.07, 6.45) is 7.68. The Bertz CT molecular complexity index is 971. The molecule has 0 aliphatic heterocycles. The van der Waals surface area contributed by atoms with E-state index in [1.807, 2.05) is 22.8 Å². The summed E-state index contributed by atoms with van der Waals surface area (Å²) < 4.78 is 5.24. The maximum Gasteiger partial charge on any atom is 0.146 e. The fraction of sp³-hybridized carbons (Fsp3) is 0.273. The summed E-state index contributed by atoms with van der Waals surface area (Å²) in [7, 11) is 2.71. The Labute approximate surface area is 194 Å². The third kappa shape index (κ3) is 5.66. The Morgan fingerprint density at radius 2 is 1.93 bits per heavy atom. The molecule has 6 nitrogen and oxygen atoms in total. The van der Waals surface area contributed by atoms with Gasteiger partial charge in [-0.3, -0.25) is 18.0 Å². The van der Waals surface area contributed by atoms with Gasteiger partial charge in [-0.15, -0.1) is 9.24 Å². The zero-order chi connectivity index (χ0) is 21.5. The second kappa shape index (κ2) is 11.0. The second-order valence-electron chi connectivity index (χ2n) is 7.13. The molecule has 8 heteroatoms. The van der Waals surface area contributed by atoms with Gasteiger partial charge in [0.1, 0.15) is 17.3 Å². The van der Waals surface area contributed by atoms with Crippen LogP contribution in [-0.2, 0) is 0 Å². The molecule has 3 rings (SSSR count). The molecule has 0 fully saturated rings. The molecular weight excluding hydrogens is 506 g/mol. The van der Waals surface area contributed by atoms with Gasteiger partial charge >= 0.3 is 0 Å². The van der Waals surface area contributed by atoms with Crippen molar-refractivity contribution in [2.24, 2.45) is 0 Å². The van der Waals surface area contributed by atoms with Crippen molar-refractivity contribution < 1.29 is 0 Å². The predicted molar refractivity (Wildman–Crippen MR) is 138 cm³/mol. The molecule has 0 amide bonds. The van der Waals surface area contributed by atoms with Crippen LogP contribution in [-0.4, -0.2) is 45.1 Å². The van der Waals surface area contributed by atoms with E-state index in [1.165, 1.54) is 0 Å². The summed E-state index contributed by atoms with van der Waals surface area (Å²) in [5.41, 5.74) is 9.28. The smallest absolute Gasteiger partial charge is 0.146 e. The van der Waals surface area contributed by atoms with Gasteiger partial charge in [0.25, 0.3) is 0 Å². The zero-order valence-electron chi connectivity index (χ0n) is 17.3. The summed E-state index contributed by atoms with van der Waals surface area (Å²) >= 11 is 2.20. The number of nitrogens with one attached hydrogen (secondary N) is 1. The van der Waals surface area contributed by atoms with Gasteiger partial charge in [-0.2, -0.15) is 0 Å². The molecule has 3 N–H and O–H groups in total. The number of nitrogens with zero attached hydrogens (tertiary/aromatic N) is 4. The molecular formula is C22H28IN6P. The van der Waals surface area contributed by atoms with Crippen LogP contribution < -0.4 is 14.6 Å². The van der Waals surface area contributed by atoms with E-state index in [1.54, 1.807) is 12.4 Å². The molecule has 0 saturated heterocycles. The number of nitrogens with two attached hydrogens (primary N) is 1. The van der Waals surface area contributed by atoms with Gasteiger partial charge in [-0.1, -0.05) is 37.3 Å². The van der Waals surface area contributed by atoms with Gasteiger partial charge in [0.2, 0.25) is 0 Å². The number of rotatable bonds is 9. The fourth-order valence-corrected chi connectivity index (χ4v) is 3.61. The summed E-state index contributed by atoms with van der Waals surface area (Å²) in [5, 5.41) is 1.13. The van der Waals surface area contributed by atoms with E-state index < -0.39 is 0 Å². The van der Waals surface area contributed by atoms with Crippen LogP contribution >= 0.6 is 32.1 Å². The lowest BCUT2D eigenvalue weighted by Gasteiger charge is -2.21. The molecule has 0 bridgehead atoms. The summed E-state index contributed by atoms with van der Waals surface area (Å²) in [6.45, 7) is 7.17. The third-order valence-electron chi connectivity index (χ3n) is 4.84. The Morgan fingerprint density at radius 3 is 2.57 bits per heavy atom. The Balaban J connectivity index is 1.93. The second-order valence-corrected chi connectivity index (χ2v) is 8.42. The van der Waals surface area contributed by atoms with Crippen LogP contribution in [0.2, 0.25) is 0 Å². The minimum atomic E-state index is 0.432. The topological polar surface area (TPSA) is 72.0 Å². The van der Waals surface area contributed by atoms with E-state index in [0.717, 1.165) is 47.7 Å². The lowest BCUT2D eigenvalue weighted by molar-refractivity contribution is 0.300. The minimum absolute atomic E-state index is 0.432. The largest absolute Gasteiger partial charge is 0.383 e. The molecule has 1 aromatic carbocycles. The molecule has 0 aliphatic rings. The van der Waals surface area contributed by atoms with E-state index in [4.69, 9.17) is 10.7 Å². The van der Waals surface area contributed by atoms with Crippen molar-refractivity contribution in [3.8, 4) is 17.1 Å². The Morgan fingerprint density at radius 1 is 1.23 bits per heavy atom. The monoisotopic (exact) mass is 534 g/mol. The first kappa shape index (κ1) is 22.9. The molecule has 2 atom stereocenters. The first-order chi connectivity index (χ1) is 14.5. The zero-order valence-corrected chi connectivity index (χ0v) is 20.6. The van der Waals surface area contributed by atoms with Gasteiger partial charge in [0.05, 0.1) is 5.69 Å². The highest BCUT2D eigenvalue weighted by Crippen LogP contribution is 2.28. The van der Waals surface area contributed by atoms with Crippen molar-refractivity contribution in [1.82, 2.24) is 23.0 Å². The number of halogens is 1. The van der Waals surface area contributed by atoms with Crippen LogP contribution in [0.5, 0.6) is 0 Å². The van der Waals surface area contributed by atoms with Crippen molar-refractivity contribution in [1.29, 1.82) is 0 Å². The number of pyridine rings is 1. The van der Waals surface area contributed by atoms with Crippen LogP contribution in [0.1, 0.15) is 19.5 Å². The van der Waals surface area contributed by atoms with Crippen molar-refractivity contribution in [3.63, 3.8) is 0 Å². The molecule has 0 spiro atoms. The SMILES string of the molecule is CCN(C/C=C\c1nc(-c2ccc(P)cc2)n(-c2ccncc2)c1N)C[C@H](C)NI. The van der Waals surface area contributed by atoms with E-state index in [-0.39, 0.29) is 0 Å². The maximum atomic E-state index is 6.56. The summed E-state index contributed by atoms with van der Waals surface area (Å²) in [4.78, 5) is 11.4. The average molecular weight is 534 g/mol. The highest BCUT2D eigenvalue weighted by atomic mass is 127. The third-order valence-corrected chi connectivity index (χ3v) is 6.28. The normalized spacial score (nSPS) is 12.7. The molecule has 1 unspecified atom stereocenters. The van der Waals surface area contributed by atoms with Gasteiger partial charge in [-0.25, -0.2) is 4.98 Å². The molecule has 158 valence electrons. The number of imidazole rings is 1. The molecule has 2 heterocycles. The molecule has 2 aromatic heterocycles. The van der Waals surface area contributed by atoms with Crippen LogP contribution in [0, 0.1) is 0 Å². The highest BCUT2D eigenvalue weighted by molar-refractivity contribution is 14.1. The lowest BCUT2D eigenvalue weighted by Crippen LogP contribution is -2.35. The molecule has 0 aliphatic carbocycles. The van der Waals surface area contributed by atoms with Gasteiger partial charge in [0.15, 0.2) is 0 Å². The fourth-order valence-electron chi connectivity index (χ4n) is 3.22. The van der Waals surface area contributed by atoms with Crippen LogP contribution in [0.15, 0.2) is 54.9 Å². The standard InChI is InChI=1S/C22H28IN6P/c1-3-28(15-16(2)27-23)14-4-5-20-21(24)29(18-10-12-25-13-11-18)22(26-20)17-6-8-19(30)9-7-17/h4-13,16,27H,3,14-15,24,30H2,1-2H3/b5-4-/t16-/m0/s1. The number of nitrogen functional groups attached to an aromatic ring is 1. The van der Waals surface area contributed by atoms with E-state index >= 15 is 0 Å². The van der Waals surface area contributed by atoms with Gasteiger partial charge in [0, 0.05) is 60.0 Å². The maximum absolute atomic E-state index is 6.56. The van der Waals surface area contributed by atoms with Crippen molar-refractivity contribution in [3.05, 3.63) is 60.6 Å². The Hall–Kier alpha value is -1.80. The average Bonchev–Trinajstić information content (AvgIpc) is 3.10. The van der Waals surface area contributed by atoms with Crippen molar-refractivity contribution in [2.45, 2.75) is 19.9 Å². The van der Waals surface area contributed by atoms with E-state index in [9.17, 15) is 0 Å². The number of aromatic nitrogens is 3. The quantitative estimate of drug-likeness (QED) is 0.249. The van der Waals surface area contributed by atoms with Crippen molar-refractivity contribution >= 4 is 49.3 Å². The van der Waals surface area contributed by atoms with Crippen molar-refractivity contribution in [2.75, 3.05) is 25.4 Å². The summed E-state index contributed by atoms with van der Waals surface area (Å²) in [5.74, 6) is 1.44. The van der Waals surface area contributed by atoms with Crippen LogP contribution in [0.4, 0.5) is 5.82 Å². The molecule has 30 heavy (non-hydrogen) atoms. The lowest BCUT2D eigenvalue weighted by atomic mass is 10.2. The Kier molecular flexibility index (Phi) is 8.39. The number of benzene rings is 1. The molecule has 0 saturated carbocycles. The van der Waals surface area contributed by atoms with Gasteiger partial charge in [-0.05, 0) is 37.0 Å². The number of hydrogen-bond donors (Lipinski definition) is 2. The highest BCUT2D eigenvalue weighted by Gasteiger charge is 2.16. The van der Waals surface area contributed by atoms with E-state index in [2.05, 4.69) is 89.7 Å². The number of likely N-dealkylation sites (N-methyl/N-ethyl adjacent to an activating group) is 1. The van der Waals surface area contributed by atoms with Crippen LogP contribution in [0.3, 0.4) is 0 Å². The first-order valence-electron chi connectivity index (χ1n) is 9.93. The molecule has 0 radical (unpaired) electrons. The van der Waals surface area contributed by atoms with E-state index in [0.29, 0.717) is 11.9 Å². The number of anilines is 1. The van der Waals surface area contributed by atoms with Crippen LogP contribution in [0.25, 0.3) is 23.2 Å².